The summed E-state index contributed by atoms with van der Waals surface area (Å²) in [6.07, 6.45) is 1.39. The number of nitrogens with zero attached hydrogens (tertiary/aromatic N) is 1. The zero-order valence-corrected chi connectivity index (χ0v) is 12.0. The number of ether oxygens (including phenoxy) is 1. The van der Waals surface area contributed by atoms with E-state index < -0.39 is 6.04 Å². The molecule has 1 heterocycles. The highest BCUT2D eigenvalue weighted by Crippen LogP contribution is 2.25. The van der Waals surface area contributed by atoms with Crippen LogP contribution >= 0.6 is 11.6 Å². The molecule has 1 aliphatic rings. The first-order chi connectivity index (χ1) is 9.54. The SMILES string of the molecule is CCOC(=O)C1CCCN1C(=O)c1cc(Cl)ccc1N. The van der Waals surface area contributed by atoms with Gasteiger partial charge >= 0.3 is 5.97 Å². The van der Waals surface area contributed by atoms with Crippen LogP contribution in [0.15, 0.2) is 18.2 Å². The predicted octanol–water partition coefficient (Wildman–Crippen LogP) is 2.09. The fraction of sp³-hybridized carbons (Fsp3) is 0.429. The number of anilines is 1. The van der Waals surface area contributed by atoms with Crippen molar-refractivity contribution >= 4 is 29.2 Å². The second-order valence-electron chi connectivity index (χ2n) is 4.64. The molecule has 1 aliphatic heterocycles. The van der Waals surface area contributed by atoms with Crippen molar-refractivity contribution in [3.63, 3.8) is 0 Å². The topological polar surface area (TPSA) is 72.6 Å². The van der Waals surface area contributed by atoms with Gasteiger partial charge in [0.2, 0.25) is 0 Å². The molecule has 2 rings (SSSR count). The number of nitrogens with two attached hydrogens (primary N) is 1. The normalized spacial score (nSPS) is 18.1. The molecule has 20 heavy (non-hydrogen) atoms. The van der Waals surface area contributed by atoms with E-state index in [4.69, 9.17) is 22.1 Å². The molecule has 1 amide bonds. The Morgan fingerprint density at radius 1 is 1.50 bits per heavy atom. The van der Waals surface area contributed by atoms with Crippen LogP contribution < -0.4 is 5.73 Å². The van der Waals surface area contributed by atoms with E-state index in [1.807, 2.05) is 0 Å². The Bertz CT molecular complexity index is 533. The fourth-order valence-corrected chi connectivity index (χ4v) is 2.53. The Labute approximate surface area is 122 Å². The van der Waals surface area contributed by atoms with Crippen LogP contribution in [0.25, 0.3) is 0 Å². The lowest BCUT2D eigenvalue weighted by Gasteiger charge is -2.23. The second kappa shape index (κ2) is 6.13. The Morgan fingerprint density at radius 3 is 2.95 bits per heavy atom. The molecule has 1 aromatic carbocycles. The largest absolute Gasteiger partial charge is 0.464 e. The number of esters is 1. The van der Waals surface area contributed by atoms with Gasteiger partial charge in [-0.1, -0.05) is 11.6 Å². The molecule has 0 radical (unpaired) electrons. The highest BCUT2D eigenvalue weighted by Gasteiger charge is 2.36. The molecule has 2 N–H and O–H groups in total. The standard InChI is InChI=1S/C14H17ClN2O3/c1-2-20-14(19)12-4-3-7-17(12)13(18)10-8-9(15)5-6-11(10)16/h5-6,8,12H,2-4,7,16H2,1H3. The number of halogens is 1. The molecule has 6 heteroatoms. The minimum atomic E-state index is -0.527. The molecule has 1 atom stereocenters. The quantitative estimate of drug-likeness (QED) is 0.685. The van der Waals surface area contributed by atoms with Gasteiger partial charge in [-0.05, 0) is 38.0 Å². The summed E-state index contributed by atoms with van der Waals surface area (Å²) in [5.41, 5.74) is 6.50. The van der Waals surface area contributed by atoms with E-state index in [9.17, 15) is 9.59 Å². The van der Waals surface area contributed by atoms with Crippen LogP contribution in [0.5, 0.6) is 0 Å². The third-order valence-electron chi connectivity index (χ3n) is 3.32. The summed E-state index contributed by atoms with van der Waals surface area (Å²) in [5, 5.41) is 0.439. The molecule has 1 saturated heterocycles. The van der Waals surface area contributed by atoms with Gasteiger partial charge in [0.1, 0.15) is 6.04 Å². The van der Waals surface area contributed by atoms with Crippen LogP contribution in [0, 0.1) is 0 Å². The Morgan fingerprint density at radius 2 is 2.25 bits per heavy atom. The molecule has 1 unspecified atom stereocenters. The zero-order valence-electron chi connectivity index (χ0n) is 11.3. The third kappa shape index (κ3) is 2.88. The molecule has 0 aromatic heterocycles. The smallest absolute Gasteiger partial charge is 0.328 e. The molecule has 1 fully saturated rings. The van der Waals surface area contributed by atoms with Gasteiger partial charge in [0, 0.05) is 17.3 Å². The van der Waals surface area contributed by atoms with Crippen LogP contribution in [0.3, 0.4) is 0 Å². The lowest BCUT2D eigenvalue weighted by Crippen LogP contribution is -2.41. The number of carbonyl (C=O) groups is 2. The number of carbonyl (C=O) groups excluding carboxylic acids is 2. The predicted molar refractivity (Wildman–Crippen MR) is 76.6 cm³/mol. The van der Waals surface area contributed by atoms with E-state index in [0.29, 0.717) is 35.8 Å². The Balaban J connectivity index is 2.23. The Hall–Kier alpha value is -1.75. The summed E-state index contributed by atoms with van der Waals surface area (Å²) < 4.78 is 5.01. The molecule has 5 nitrogen and oxygen atoms in total. The van der Waals surface area contributed by atoms with Gasteiger partial charge in [0.15, 0.2) is 0 Å². The van der Waals surface area contributed by atoms with Crippen molar-refractivity contribution in [1.29, 1.82) is 0 Å². The van der Waals surface area contributed by atoms with Crippen molar-refractivity contribution in [1.82, 2.24) is 4.90 Å². The lowest BCUT2D eigenvalue weighted by molar-refractivity contribution is -0.147. The van der Waals surface area contributed by atoms with Gasteiger partial charge in [-0.25, -0.2) is 4.79 Å². The first-order valence-electron chi connectivity index (χ1n) is 6.57. The fourth-order valence-electron chi connectivity index (χ4n) is 2.36. The maximum atomic E-state index is 12.5. The van der Waals surface area contributed by atoms with Gasteiger partial charge < -0.3 is 15.4 Å². The van der Waals surface area contributed by atoms with Crippen molar-refractivity contribution in [3.8, 4) is 0 Å². The van der Waals surface area contributed by atoms with E-state index in [0.717, 1.165) is 6.42 Å². The lowest BCUT2D eigenvalue weighted by atomic mass is 10.1. The van der Waals surface area contributed by atoms with E-state index in [-0.39, 0.29) is 11.9 Å². The van der Waals surface area contributed by atoms with Crippen LogP contribution in [0.2, 0.25) is 5.02 Å². The monoisotopic (exact) mass is 296 g/mol. The molecule has 108 valence electrons. The highest BCUT2D eigenvalue weighted by molar-refractivity contribution is 6.31. The van der Waals surface area contributed by atoms with Crippen molar-refractivity contribution in [2.45, 2.75) is 25.8 Å². The van der Waals surface area contributed by atoms with Crippen molar-refractivity contribution < 1.29 is 14.3 Å². The van der Waals surface area contributed by atoms with Gasteiger partial charge in [0.05, 0.1) is 12.2 Å². The maximum absolute atomic E-state index is 12.5. The van der Waals surface area contributed by atoms with Gasteiger partial charge in [0.25, 0.3) is 5.91 Å². The molecule has 0 saturated carbocycles. The van der Waals surface area contributed by atoms with Crippen molar-refractivity contribution in [2.75, 3.05) is 18.9 Å². The number of hydrogen-bond donors (Lipinski definition) is 1. The molecule has 0 spiro atoms. The minimum Gasteiger partial charge on any atom is -0.464 e. The first-order valence-corrected chi connectivity index (χ1v) is 6.95. The van der Waals surface area contributed by atoms with E-state index >= 15 is 0 Å². The maximum Gasteiger partial charge on any atom is 0.328 e. The highest BCUT2D eigenvalue weighted by atomic mass is 35.5. The number of rotatable bonds is 3. The Kier molecular flexibility index (Phi) is 4.49. The van der Waals surface area contributed by atoms with Crippen molar-refractivity contribution in [2.24, 2.45) is 0 Å². The minimum absolute atomic E-state index is 0.277. The number of hydrogen-bond acceptors (Lipinski definition) is 4. The summed E-state index contributed by atoms with van der Waals surface area (Å²) in [7, 11) is 0. The summed E-state index contributed by atoms with van der Waals surface area (Å²) in [6.45, 7) is 2.57. The van der Waals surface area contributed by atoms with Crippen molar-refractivity contribution in [3.05, 3.63) is 28.8 Å². The van der Waals surface area contributed by atoms with Gasteiger partial charge in [-0.3, -0.25) is 4.79 Å². The number of likely N-dealkylation sites (tertiary alicyclic amines) is 1. The van der Waals surface area contributed by atoms with Gasteiger partial charge in [-0.15, -0.1) is 0 Å². The summed E-state index contributed by atoms with van der Waals surface area (Å²) in [5.74, 6) is -0.639. The summed E-state index contributed by atoms with van der Waals surface area (Å²) >= 11 is 5.90. The average molecular weight is 297 g/mol. The number of nitrogen functional groups attached to an aromatic ring is 1. The molecular formula is C14H17ClN2O3. The molecule has 0 bridgehead atoms. The number of benzene rings is 1. The molecular weight excluding hydrogens is 280 g/mol. The summed E-state index contributed by atoms with van der Waals surface area (Å²) in [6, 6.07) is 4.21. The van der Waals surface area contributed by atoms with E-state index in [2.05, 4.69) is 0 Å². The first kappa shape index (κ1) is 14.7. The van der Waals surface area contributed by atoms with Crippen LogP contribution in [-0.4, -0.2) is 36.0 Å². The number of amides is 1. The van der Waals surface area contributed by atoms with Crippen LogP contribution in [0.1, 0.15) is 30.1 Å². The van der Waals surface area contributed by atoms with E-state index in [1.165, 1.54) is 11.0 Å². The zero-order chi connectivity index (χ0) is 14.7. The van der Waals surface area contributed by atoms with E-state index in [1.54, 1.807) is 19.1 Å². The summed E-state index contributed by atoms with van der Waals surface area (Å²) in [4.78, 5) is 25.9. The third-order valence-corrected chi connectivity index (χ3v) is 3.55. The molecule has 0 aliphatic carbocycles. The van der Waals surface area contributed by atoms with Gasteiger partial charge in [-0.2, -0.15) is 0 Å². The average Bonchev–Trinajstić information content (AvgIpc) is 2.90. The van der Waals surface area contributed by atoms with Crippen LogP contribution in [0.4, 0.5) is 5.69 Å². The molecule has 1 aromatic rings. The second-order valence-corrected chi connectivity index (χ2v) is 5.08. The van der Waals surface area contributed by atoms with Crippen LogP contribution in [-0.2, 0) is 9.53 Å².